The Morgan fingerprint density at radius 3 is 2.25 bits per heavy atom. The fraction of sp³-hybridized carbons (Fsp3) is 0.200. The Morgan fingerprint density at radius 1 is 1.58 bits per heavy atom. The average Bonchev–Trinajstić information content (AvgIpc) is 2.34. The van der Waals surface area contributed by atoms with E-state index in [0.717, 1.165) is 0 Å². The second-order valence-electron chi connectivity index (χ2n) is 1.73. The molecule has 0 saturated carbocycles. The third kappa shape index (κ3) is 5.57. The zero-order valence-electron chi connectivity index (χ0n) is 6.25. The highest BCUT2D eigenvalue weighted by Crippen LogP contribution is 1.82. The maximum Gasteiger partial charge on any atom is 0.254 e. The Balaban J connectivity index is 0.000000261. The van der Waals surface area contributed by atoms with Crippen LogP contribution in [0.2, 0.25) is 0 Å². The molecular weight excluding hydrogens is 184 g/mol. The normalized spacial score (nSPS) is 8.92. The van der Waals surface area contributed by atoms with Crippen LogP contribution in [0, 0.1) is 0 Å². The van der Waals surface area contributed by atoms with Gasteiger partial charge in [0.2, 0.25) is 5.91 Å². The Bertz CT molecular complexity index is 295. The number of thiol groups is 1. The predicted molar refractivity (Wildman–Crippen MR) is 41.5 cm³/mol. The second kappa shape index (κ2) is 5.44. The molecule has 12 heavy (non-hydrogen) atoms. The first-order valence-corrected chi connectivity index (χ1v) is 3.99. The molecule has 6 nitrogen and oxygen atoms in total. The lowest BCUT2D eigenvalue weighted by atomic mass is 10.7. The molecule has 0 spiro atoms. The summed E-state index contributed by atoms with van der Waals surface area (Å²) in [6, 6.07) is 0. The first kappa shape index (κ1) is 10.8. The van der Waals surface area contributed by atoms with Crippen molar-refractivity contribution >= 4 is 16.9 Å². The van der Waals surface area contributed by atoms with Gasteiger partial charge in [0.25, 0.3) is 11.0 Å². The van der Waals surface area contributed by atoms with Crippen LogP contribution >= 0.6 is 0 Å². The molecule has 0 aliphatic heterocycles. The van der Waals surface area contributed by atoms with E-state index in [9.17, 15) is 4.79 Å². The van der Waals surface area contributed by atoms with Crippen molar-refractivity contribution < 1.29 is 17.8 Å². The van der Waals surface area contributed by atoms with E-state index in [2.05, 4.69) is 4.98 Å². The largest absolute Gasteiger partial charge is 0.288 e. The predicted octanol–water partition coefficient (Wildman–Crippen LogP) is -0.386. The van der Waals surface area contributed by atoms with E-state index in [0.29, 0.717) is 0 Å². The molecule has 1 rings (SSSR count). The first-order chi connectivity index (χ1) is 5.54. The van der Waals surface area contributed by atoms with Crippen LogP contribution in [0.15, 0.2) is 18.7 Å². The molecule has 0 aromatic carbocycles. The molecule has 1 N–H and O–H groups in total. The number of nitrogens with zero attached hydrogens (tertiary/aromatic N) is 2. The fourth-order valence-corrected chi connectivity index (χ4v) is 0.445. The topological polar surface area (TPSA) is 89.3 Å². The van der Waals surface area contributed by atoms with Crippen molar-refractivity contribution in [2.75, 3.05) is 0 Å². The van der Waals surface area contributed by atoms with E-state index in [4.69, 9.17) is 13.0 Å². The Morgan fingerprint density at radius 2 is 2.08 bits per heavy atom. The quantitative estimate of drug-likeness (QED) is 0.432. The van der Waals surface area contributed by atoms with Gasteiger partial charge in [-0.05, 0) is 0 Å². The average molecular weight is 192 g/mol. The van der Waals surface area contributed by atoms with Crippen molar-refractivity contribution in [1.29, 1.82) is 0 Å². The molecule has 7 heteroatoms. The number of aromatic nitrogens is 2. The highest BCUT2D eigenvalue weighted by Gasteiger charge is 1.90. The van der Waals surface area contributed by atoms with E-state index in [1.54, 1.807) is 12.4 Å². The van der Waals surface area contributed by atoms with Gasteiger partial charge in [0.05, 0.1) is 0 Å². The lowest BCUT2D eigenvalue weighted by Crippen LogP contribution is -2.00. The molecule has 0 radical (unpaired) electrons. The molecule has 0 unspecified atom stereocenters. The van der Waals surface area contributed by atoms with Crippen LogP contribution in [0.4, 0.5) is 0 Å². The van der Waals surface area contributed by atoms with E-state index in [1.165, 1.54) is 17.8 Å². The Labute approximate surface area is 70.6 Å². The third-order valence-electron chi connectivity index (χ3n) is 0.868. The van der Waals surface area contributed by atoms with Crippen LogP contribution in [0.3, 0.4) is 0 Å². The summed E-state index contributed by atoms with van der Waals surface area (Å²) < 4.78 is 25.6. The number of carbonyl (C=O) groups is 1. The van der Waals surface area contributed by atoms with Crippen molar-refractivity contribution in [3.63, 3.8) is 0 Å². The fourth-order valence-electron chi connectivity index (χ4n) is 0.445. The molecule has 68 valence electrons. The van der Waals surface area contributed by atoms with Crippen molar-refractivity contribution in [3.8, 4) is 0 Å². The second-order valence-corrected chi connectivity index (χ2v) is 2.20. The summed E-state index contributed by atoms with van der Waals surface area (Å²) in [7, 11) is -3.12. The summed E-state index contributed by atoms with van der Waals surface area (Å²) in [6.07, 6.45) is 4.66. The minimum absolute atomic E-state index is 0.0116. The summed E-state index contributed by atoms with van der Waals surface area (Å²) in [5, 5.41) is 0. The molecule has 0 bridgehead atoms. The molecular formula is C5H8N2O4S. The van der Waals surface area contributed by atoms with E-state index in [-0.39, 0.29) is 5.91 Å². The zero-order chi connectivity index (χ0) is 9.56. The van der Waals surface area contributed by atoms with Crippen LogP contribution in [-0.2, 0) is 11.0 Å². The van der Waals surface area contributed by atoms with Gasteiger partial charge in [-0.3, -0.25) is 13.9 Å². The molecule has 0 atom stereocenters. The lowest BCUT2D eigenvalue weighted by molar-refractivity contribution is 0.0936. The molecule has 0 aliphatic carbocycles. The summed E-state index contributed by atoms with van der Waals surface area (Å²) in [4.78, 5) is 14.1. The van der Waals surface area contributed by atoms with Gasteiger partial charge in [0, 0.05) is 19.3 Å². The molecule has 1 heterocycles. The minimum Gasteiger partial charge on any atom is -0.288 e. The van der Waals surface area contributed by atoms with E-state index in [1.807, 2.05) is 0 Å². The SMILES string of the molecule is CC(=O)n1ccnc1.O=[SH](=O)O. The maximum absolute atomic E-state index is 10.4. The number of rotatable bonds is 0. The van der Waals surface area contributed by atoms with Crippen LogP contribution in [0.5, 0.6) is 0 Å². The van der Waals surface area contributed by atoms with Gasteiger partial charge in [-0.25, -0.2) is 13.4 Å². The first-order valence-electron chi connectivity index (χ1n) is 2.86. The van der Waals surface area contributed by atoms with Gasteiger partial charge in [0.15, 0.2) is 0 Å². The zero-order valence-corrected chi connectivity index (χ0v) is 7.14. The van der Waals surface area contributed by atoms with Gasteiger partial charge in [-0.1, -0.05) is 0 Å². The standard InChI is InChI=1S/C5H6N2O.H2O3S/c1-5(8)7-3-2-6-4-7;1-4(2)3/h2-4H,1H3;4H,(H,1,2,3). The van der Waals surface area contributed by atoms with Gasteiger partial charge >= 0.3 is 0 Å². The molecule has 1 aromatic heterocycles. The number of hydrogen-bond acceptors (Lipinski definition) is 4. The van der Waals surface area contributed by atoms with Gasteiger partial charge in [0.1, 0.15) is 6.33 Å². The summed E-state index contributed by atoms with van der Waals surface area (Å²) in [5.41, 5.74) is 0. The monoisotopic (exact) mass is 192 g/mol. The van der Waals surface area contributed by atoms with Crippen molar-refractivity contribution in [3.05, 3.63) is 18.7 Å². The Kier molecular flexibility index (Phi) is 4.89. The van der Waals surface area contributed by atoms with Gasteiger partial charge in [-0.15, -0.1) is 0 Å². The van der Waals surface area contributed by atoms with Crippen LogP contribution in [0.1, 0.15) is 11.7 Å². The van der Waals surface area contributed by atoms with Crippen LogP contribution in [-0.4, -0.2) is 28.4 Å². The smallest absolute Gasteiger partial charge is 0.254 e. The lowest BCUT2D eigenvalue weighted by Gasteiger charge is -1.87. The minimum atomic E-state index is -3.12. The van der Waals surface area contributed by atoms with Gasteiger partial charge in [-0.2, -0.15) is 0 Å². The molecule has 0 amide bonds. The summed E-state index contributed by atoms with van der Waals surface area (Å²) in [5.74, 6) is -0.0116. The van der Waals surface area contributed by atoms with Crippen LogP contribution < -0.4 is 0 Å². The Hall–Kier alpha value is -1.21. The third-order valence-corrected chi connectivity index (χ3v) is 0.868. The maximum atomic E-state index is 10.4. The molecule has 0 fully saturated rings. The van der Waals surface area contributed by atoms with Crippen molar-refractivity contribution in [2.45, 2.75) is 6.92 Å². The van der Waals surface area contributed by atoms with Crippen molar-refractivity contribution in [2.24, 2.45) is 0 Å². The highest BCUT2D eigenvalue weighted by atomic mass is 32.2. The van der Waals surface area contributed by atoms with Crippen molar-refractivity contribution in [1.82, 2.24) is 9.55 Å². The number of hydrogen-bond donors (Lipinski definition) is 2. The number of imidazole rings is 1. The highest BCUT2D eigenvalue weighted by molar-refractivity contribution is 7.66. The van der Waals surface area contributed by atoms with E-state index < -0.39 is 11.0 Å². The van der Waals surface area contributed by atoms with Gasteiger partial charge < -0.3 is 0 Å². The molecule has 1 aromatic rings. The molecule has 0 aliphatic rings. The summed E-state index contributed by atoms with van der Waals surface area (Å²) in [6.45, 7) is 1.49. The van der Waals surface area contributed by atoms with Crippen LogP contribution in [0.25, 0.3) is 0 Å². The molecule has 0 saturated heterocycles. The summed E-state index contributed by atoms with van der Waals surface area (Å²) >= 11 is 0. The number of carbonyl (C=O) groups excluding carboxylic acids is 1. The van der Waals surface area contributed by atoms with E-state index >= 15 is 0 Å².